The zero-order valence-corrected chi connectivity index (χ0v) is 17.7. The molecule has 1 fully saturated rings. The lowest BCUT2D eigenvalue weighted by atomic mass is 9.86. The summed E-state index contributed by atoms with van der Waals surface area (Å²) >= 11 is 0. The van der Waals surface area contributed by atoms with Gasteiger partial charge in [-0.3, -0.25) is 14.5 Å². The van der Waals surface area contributed by atoms with Gasteiger partial charge in [-0.2, -0.15) is 5.10 Å². The number of aromatic nitrogens is 3. The fourth-order valence-electron chi connectivity index (χ4n) is 4.76. The van der Waals surface area contributed by atoms with Crippen molar-refractivity contribution in [1.29, 1.82) is 0 Å². The number of carbonyl (C=O) groups excluding carboxylic acids is 1. The molecule has 30 heavy (non-hydrogen) atoms. The lowest BCUT2D eigenvalue weighted by Crippen LogP contribution is -2.41. The van der Waals surface area contributed by atoms with E-state index in [-0.39, 0.29) is 11.9 Å². The van der Waals surface area contributed by atoms with Gasteiger partial charge in [-0.25, -0.2) is 0 Å². The molecule has 1 atom stereocenters. The summed E-state index contributed by atoms with van der Waals surface area (Å²) in [6.45, 7) is 3.82. The summed E-state index contributed by atoms with van der Waals surface area (Å²) in [4.78, 5) is 18.9. The van der Waals surface area contributed by atoms with Gasteiger partial charge in [-0.05, 0) is 80.3 Å². The minimum atomic E-state index is 0.119. The summed E-state index contributed by atoms with van der Waals surface area (Å²) in [5, 5.41) is 4.62. The van der Waals surface area contributed by atoms with Crippen molar-refractivity contribution >= 4 is 11.6 Å². The molecule has 0 unspecified atom stereocenters. The minimum absolute atomic E-state index is 0.119. The molecular weight excluding hydrogens is 372 g/mol. The first kappa shape index (κ1) is 19.0. The number of benzene rings is 1. The molecule has 5 rings (SSSR count). The summed E-state index contributed by atoms with van der Waals surface area (Å²) in [5.41, 5.74) is 7.25. The molecule has 1 aliphatic heterocycles. The van der Waals surface area contributed by atoms with Crippen LogP contribution < -0.4 is 4.90 Å². The Morgan fingerprint density at radius 3 is 2.73 bits per heavy atom. The Balaban J connectivity index is 1.58. The molecule has 1 aromatic carbocycles. The van der Waals surface area contributed by atoms with Crippen LogP contribution in [0.2, 0.25) is 0 Å². The highest BCUT2D eigenvalue weighted by Crippen LogP contribution is 2.40. The van der Waals surface area contributed by atoms with Crippen LogP contribution in [0.1, 0.15) is 56.0 Å². The van der Waals surface area contributed by atoms with Gasteiger partial charge in [0.2, 0.25) is 5.91 Å². The van der Waals surface area contributed by atoms with E-state index in [2.05, 4.69) is 46.1 Å². The van der Waals surface area contributed by atoms with Crippen molar-refractivity contribution < 1.29 is 4.79 Å². The second kappa shape index (κ2) is 7.71. The molecule has 2 aliphatic rings. The molecule has 1 aliphatic carbocycles. The predicted molar refractivity (Wildman–Crippen MR) is 119 cm³/mol. The van der Waals surface area contributed by atoms with Crippen LogP contribution in [0.3, 0.4) is 0 Å². The first-order valence-corrected chi connectivity index (χ1v) is 11.0. The molecule has 2 aromatic heterocycles. The first-order valence-electron chi connectivity index (χ1n) is 11.0. The van der Waals surface area contributed by atoms with E-state index in [0.29, 0.717) is 6.04 Å². The SMILES string of the molecule is CC(=O)N1c2ccc(-c3cnn(C4CC4)c3)c(CCc3ccccn3)c2CC[C@@H]1C. The fraction of sp³-hybridized carbons (Fsp3) is 0.400. The molecule has 1 saturated carbocycles. The van der Waals surface area contributed by atoms with Crippen molar-refractivity contribution in [3.8, 4) is 11.1 Å². The topological polar surface area (TPSA) is 51.0 Å². The van der Waals surface area contributed by atoms with Gasteiger partial charge in [0.15, 0.2) is 0 Å². The number of rotatable bonds is 5. The van der Waals surface area contributed by atoms with E-state index < -0.39 is 0 Å². The second-order valence-corrected chi connectivity index (χ2v) is 8.63. The van der Waals surface area contributed by atoms with E-state index in [0.717, 1.165) is 37.1 Å². The first-order chi connectivity index (χ1) is 14.6. The predicted octanol–water partition coefficient (Wildman–Crippen LogP) is 4.75. The fourth-order valence-corrected chi connectivity index (χ4v) is 4.76. The summed E-state index contributed by atoms with van der Waals surface area (Å²) in [6.07, 6.45) is 12.3. The van der Waals surface area contributed by atoms with Crippen LogP contribution in [0.5, 0.6) is 0 Å². The van der Waals surface area contributed by atoms with Crippen LogP contribution in [0.15, 0.2) is 48.9 Å². The summed E-state index contributed by atoms with van der Waals surface area (Å²) < 4.78 is 2.11. The largest absolute Gasteiger partial charge is 0.310 e. The van der Waals surface area contributed by atoms with E-state index in [4.69, 9.17) is 0 Å². The van der Waals surface area contributed by atoms with E-state index in [1.165, 1.54) is 35.1 Å². The standard InChI is InChI=1S/C25H28N4O/c1-17-6-10-24-23(11-7-20-5-3-4-14-26-20)22(12-13-25(24)29(17)18(2)30)19-15-27-28(16-19)21-8-9-21/h3-5,12-17,21H,6-11H2,1-2H3/t17-/m0/s1. The van der Waals surface area contributed by atoms with Gasteiger partial charge < -0.3 is 4.90 Å². The summed E-state index contributed by atoms with van der Waals surface area (Å²) in [7, 11) is 0. The number of hydrogen-bond acceptors (Lipinski definition) is 3. The number of nitrogens with zero attached hydrogens (tertiary/aromatic N) is 4. The molecule has 154 valence electrons. The van der Waals surface area contributed by atoms with Crippen molar-refractivity contribution in [2.75, 3.05) is 4.90 Å². The number of hydrogen-bond donors (Lipinski definition) is 0. The van der Waals surface area contributed by atoms with Crippen molar-refractivity contribution in [2.45, 2.75) is 64.5 Å². The van der Waals surface area contributed by atoms with Crippen LogP contribution >= 0.6 is 0 Å². The monoisotopic (exact) mass is 400 g/mol. The van der Waals surface area contributed by atoms with Crippen LogP contribution in [0.4, 0.5) is 5.69 Å². The molecule has 5 nitrogen and oxygen atoms in total. The number of fused-ring (bicyclic) bond motifs is 1. The molecule has 3 heterocycles. The Kier molecular flexibility index (Phi) is 4.89. The normalized spacial score (nSPS) is 18.3. The average Bonchev–Trinajstić information content (AvgIpc) is 3.49. The van der Waals surface area contributed by atoms with Crippen molar-refractivity contribution in [2.24, 2.45) is 0 Å². The molecular formula is C25H28N4O. The Labute approximate surface area is 177 Å². The van der Waals surface area contributed by atoms with Crippen LogP contribution in [0, 0.1) is 0 Å². The van der Waals surface area contributed by atoms with Gasteiger partial charge in [0.1, 0.15) is 0 Å². The van der Waals surface area contributed by atoms with E-state index >= 15 is 0 Å². The molecule has 3 aromatic rings. The number of amides is 1. The third kappa shape index (κ3) is 3.53. The smallest absolute Gasteiger partial charge is 0.224 e. The number of anilines is 1. The number of aryl methyl sites for hydroxylation is 1. The van der Waals surface area contributed by atoms with Gasteiger partial charge >= 0.3 is 0 Å². The van der Waals surface area contributed by atoms with Gasteiger partial charge in [0, 0.05) is 42.3 Å². The maximum absolute atomic E-state index is 12.4. The maximum atomic E-state index is 12.4. The highest BCUT2D eigenvalue weighted by molar-refractivity contribution is 5.94. The lowest BCUT2D eigenvalue weighted by molar-refractivity contribution is -0.117. The summed E-state index contributed by atoms with van der Waals surface area (Å²) in [5.74, 6) is 0.119. The van der Waals surface area contributed by atoms with Crippen LogP contribution in [-0.4, -0.2) is 26.7 Å². The second-order valence-electron chi connectivity index (χ2n) is 8.63. The zero-order valence-electron chi connectivity index (χ0n) is 17.7. The van der Waals surface area contributed by atoms with Gasteiger partial charge in [-0.15, -0.1) is 0 Å². The minimum Gasteiger partial charge on any atom is -0.310 e. The average molecular weight is 401 g/mol. The van der Waals surface area contributed by atoms with E-state index in [9.17, 15) is 4.79 Å². The molecule has 0 spiro atoms. The Hall–Kier alpha value is -2.95. The Bertz CT molecular complexity index is 1070. The molecule has 0 radical (unpaired) electrons. The molecule has 1 amide bonds. The van der Waals surface area contributed by atoms with Crippen LogP contribution in [-0.2, 0) is 24.1 Å². The number of carbonyl (C=O) groups is 1. The van der Waals surface area contributed by atoms with E-state index in [1.807, 2.05) is 29.4 Å². The zero-order chi connectivity index (χ0) is 20.7. The molecule has 5 heteroatoms. The Morgan fingerprint density at radius 2 is 2.00 bits per heavy atom. The molecule has 0 saturated heterocycles. The highest BCUT2D eigenvalue weighted by atomic mass is 16.2. The quantitative estimate of drug-likeness (QED) is 0.621. The van der Waals surface area contributed by atoms with Gasteiger partial charge in [-0.1, -0.05) is 12.1 Å². The maximum Gasteiger partial charge on any atom is 0.224 e. The highest BCUT2D eigenvalue weighted by Gasteiger charge is 2.29. The van der Waals surface area contributed by atoms with Gasteiger partial charge in [0.25, 0.3) is 0 Å². The van der Waals surface area contributed by atoms with Gasteiger partial charge in [0.05, 0.1) is 12.2 Å². The van der Waals surface area contributed by atoms with Crippen molar-refractivity contribution in [3.63, 3.8) is 0 Å². The van der Waals surface area contributed by atoms with Crippen molar-refractivity contribution in [1.82, 2.24) is 14.8 Å². The third-order valence-electron chi connectivity index (χ3n) is 6.45. The molecule has 0 N–H and O–H groups in total. The van der Waals surface area contributed by atoms with Crippen molar-refractivity contribution in [3.05, 3.63) is 65.7 Å². The Morgan fingerprint density at radius 1 is 1.13 bits per heavy atom. The summed E-state index contributed by atoms with van der Waals surface area (Å²) in [6, 6.07) is 11.2. The molecule has 0 bridgehead atoms. The van der Waals surface area contributed by atoms with E-state index in [1.54, 1.807) is 6.92 Å². The number of pyridine rings is 1. The lowest BCUT2D eigenvalue weighted by Gasteiger charge is -2.36. The third-order valence-corrected chi connectivity index (χ3v) is 6.45. The van der Waals surface area contributed by atoms with Crippen LogP contribution in [0.25, 0.3) is 11.1 Å².